The Bertz CT molecular complexity index is 1900. The van der Waals surface area contributed by atoms with Crippen molar-refractivity contribution in [1.82, 2.24) is 14.5 Å². The van der Waals surface area contributed by atoms with E-state index in [-0.39, 0.29) is 34.8 Å². The van der Waals surface area contributed by atoms with Crippen LogP contribution in [0.3, 0.4) is 0 Å². The second-order valence-electron chi connectivity index (χ2n) is 12.0. The van der Waals surface area contributed by atoms with Gasteiger partial charge >= 0.3 is 0 Å². The van der Waals surface area contributed by atoms with E-state index in [1.54, 1.807) is 24.1 Å². The fourth-order valence-corrected chi connectivity index (χ4v) is 6.84. The lowest BCUT2D eigenvalue weighted by molar-refractivity contribution is -0.129. The molecule has 10 heteroatoms. The first kappa shape index (κ1) is 29.5. The minimum atomic E-state index is -1.17. The molecule has 4 heterocycles. The summed E-state index contributed by atoms with van der Waals surface area (Å²) < 4.78 is 49.5. The van der Waals surface area contributed by atoms with Gasteiger partial charge in [-0.25, -0.2) is 13.2 Å². The van der Waals surface area contributed by atoms with Crippen LogP contribution in [0, 0.1) is 24.4 Å². The van der Waals surface area contributed by atoms with Crippen molar-refractivity contribution < 1.29 is 23.1 Å². The summed E-state index contributed by atoms with van der Waals surface area (Å²) >= 11 is 0. The van der Waals surface area contributed by atoms with Gasteiger partial charge in [0.05, 0.1) is 33.7 Å². The van der Waals surface area contributed by atoms with Gasteiger partial charge in [-0.2, -0.15) is 0 Å². The number of aromatic hydroxyl groups is 1. The van der Waals surface area contributed by atoms with Gasteiger partial charge in [-0.05, 0) is 68.5 Å². The smallest absolute Gasteiger partial charge is 0.261 e. The van der Waals surface area contributed by atoms with Crippen molar-refractivity contribution in [3.05, 3.63) is 93.8 Å². The Morgan fingerprint density at radius 2 is 1.86 bits per heavy atom. The number of benzene rings is 2. The van der Waals surface area contributed by atoms with Crippen LogP contribution in [0.5, 0.6) is 5.75 Å². The van der Waals surface area contributed by atoms with Crippen molar-refractivity contribution in [3.63, 3.8) is 0 Å². The van der Waals surface area contributed by atoms with Gasteiger partial charge in [-0.15, -0.1) is 0 Å². The third kappa shape index (κ3) is 4.38. The van der Waals surface area contributed by atoms with E-state index in [0.717, 1.165) is 18.2 Å². The molecule has 1 saturated heterocycles. The predicted molar refractivity (Wildman–Crippen MR) is 164 cm³/mol. The van der Waals surface area contributed by atoms with Gasteiger partial charge in [0.1, 0.15) is 17.4 Å². The molecule has 0 spiro atoms. The number of phenolic OH excluding ortho intramolecular Hbond substituents is 1. The summed E-state index contributed by atoms with van der Waals surface area (Å²) in [5.41, 5.74) is 0.293. The highest BCUT2D eigenvalue weighted by Crippen LogP contribution is 2.44. The molecule has 1 fully saturated rings. The topological polar surface area (TPSA) is 78.7 Å². The predicted octanol–water partition coefficient (Wildman–Crippen LogP) is 6.15. The Labute approximate surface area is 252 Å². The third-order valence-corrected chi connectivity index (χ3v) is 8.90. The number of nitrogens with zero attached hydrogens (tertiary/aromatic N) is 4. The van der Waals surface area contributed by atoms with E-state index < -0.39 is 39.9 Å². The minimum absolute atomic E-state index is 0.146. The molecule has 2 aromatic carbocycles. The number of aryl methyl sites for hydroxylation is 1. The van der Waals surface area contributed by atoms with E-state index in [0.29, 0.717) is 54.1 Å². The van der Waals surface area contributed by atoms with Crippen LogP contribution in [0.1, 0.15) is 49.9 Å². The van der Waals surface area contributed by atoms with Crippen molar-refractivity contribution in [1.29, 1.82) is 0 Å². The van der Waals surface area contributed by atoms with Crippen molar-refractivity contribution >= 4 is 22.5 Å². The molecule has 2 unspecified atom stereocenters. The normalized spacial score (nSPS) is 18.0. The molecule has 2 aromatic heterocycles. The summed E-state index contributed by atoms with van der Waals surface area (Å²) in [6, 6.07) is 5.78. The Morgan fingerprint density at radius 1 is 1.11 bits per heavy atom. The molecule has 0 bridgehead atoms. The number of piperazine rings is 1. The zero-order chi connectivity index (χ0) is 31.6. The van der Waals surface area contributed by atoms with Gasteiger partial charge in [0, 0.05) is 42.3 Å². The molecule has 0 saturated carbocycles. The number of phenols is 1. The lowest BCUT2D eigenvalue weighted by Crippen LogP contribution is -2.60. The number of hydrogen-bond donors (Lipinski definition) is 1. The summed E-state index contributed by atoms with van der Waals surface area (Å²) in [6.45, 7) is 11.8. The lowest BCUT2D eigenvalue weighted by Gasteiger charge is -2.49. The van der Waals surface area contributed by atoms with Crippen molar-refractivity contribution in [2.45, 2.75) is 58.5 Å². The fourth-order valence-electron chi connectivity index (χ4n) is 6.84. The van der Waals surface area contributed by atoms with Crippen LogP contribution >= 0.6 is 0 Å². The summed E-state index contributed by atoms with van der Waals surface area (Å²) in [5.74, 6) is -4.25. The number of aromatic nitrogens is 2. The van der Waals surface area contributed by atoms with Crippen LogP contribution in [-0.2, 0) is 11.2 Å². The number of amides is 1. The second-order valence-corrected chi connectivity index (χ2v) is 12.0. The molecule has 2 aliphatic heterocycles. The average Bonchev–Trinajstić information content (AvgIpc) is 2.98. The second kappa shape index (κ2) is 10.8. The Morgan fingerprint density at radius 3 is 2.55 bits per heavy atom. The van der Waals surface area contributed by atoms with E-state index in [1.807, 2.05) is 25.7 Å². The third-order valence-electron chi connectivity index (χ3n) is 8.90. The molecule has 2 atom stereocenters. The summed E-state index contributed by atoms with van der Waals surface area (Å²) in [5, 5.41) is 10.7. The zero-order valence-electron chi connectivity index (χ0n) is 25.0. The van der Waals surface area contributed by atoms with Crippen LogP contribution in [-0.4, -0.2) is 50.6 Å². The maximum atomic E-state index is 17.1. The van der Waals surface area contributed by atoms with E-state index in [2.05, 4.69) is 11.6 Å². The number of hydrogen-bond acceptors (Lipinski definition) is 5. The van der Waals surface area contributed by atoms with Crippen molar-refractivity contribution in [2.75, 3.05) is 18.0 Å². The van der Waals surface area contributed by atoms with E-state index in [9.17, 15) is 14.7 Å². The molecule has 2 aliphatic rings. The molecule has 1 amide bonds. The first-order chi connectivity index (χ1) is 21.0. The Balaban J connectivity index is 1.75. The van der Waals surface area contributed by atoms with Crippen LogP contribution < -0.4 is 10.5 Å². The number of halogens is 3. The number of rotatable bonds is 4. The highest BCUT2D eigenvalue weighted by atomic mass is 19.1. The van der Waals surface area contributed by atoms with Crippen LogP contribution in [0.2, 0.25) is 0 Å². The van der Waals surface area contributed by atoms with Crippen LogP contribution in [0.15, 0.2) is 54.0 Å². The maximum absolute atomic E-state index is 17.1. The van der Waals surface area contributed by atoms with Crippen LogP contribution in [0.25, 0.3) is 27.7 Å². The molecule has 7 nitrogen and oxygen atoms in total. The number of carbonyl (C=O) groups is 1. The lowest BCUT2D eigenvalue weighted by atomic mass is 9.89. The summed E-state index contributed by atoms with van der Waals surface area (Å²) in [6.07, 6.45) is 3.76. The highest BCUT2D eigenvalue weighted by molar-refractivity contribution is 5.99. The Kier molecular flexibility index (Phi) is 7.26. The number of carbonyl (C=O) groups excluding carboxylic acids is 1. The average molecular weight is 603 g/mol. The monoisotopic (exact) mass is 602 g/mol. The highest BCUT2D eigenvalue weighted by Gasteiger charge is 2.40. The molecule has 0 radical (unpaired) electrons. The van der Waals surface area contributed by atoms with Gasteiger partial charge in [-0.3, -0.25) is 19.1 Å². The van der Waals surface area contributed by atoms with E-state index in [4.69, 9.17) is 0 Å². The molecular formula is C34H33F3N4O3. The van der Waals surface area contributed by atoms with Gasteiger partial charge in [0.15, 0.2) is 5.82 Å². The van der Waals surface area contributed by atoms with Gasteiger partial charge in [0.2, 0.25) is 5.91 Å². The number of anilines is 1. The van der Waals surface area contributed by atoms with E-state index >= 15 is 13.2 Å². The maximum Gasteiger partial charge on any atom is 0.261 e. The van der Waals surface area contributed by atoms with Gasteiger partial charge < -0.3 is 14.9 Å². The molecule has 228 valence electrons. The standard InChI is InChI=1S/C34H33F3N4O3/c1-6-26(43)39-16-20-10-11-21-32(40(20)15-19(39)5)22-14-24(36)28(27-23(35)8-7-9-25(27)42)29(37)33(22)41(34(21)44)31-18(4)12-13-38-30(31)17(2)3/h6-9,12-14,17,19-20,42H,1,10-11,15-16H2,2-5H3. The molecule has 6 rings (SSSR count). The summed E-state index contributed by atoms with van der Waals surface area (Å²) in [4.78, 5) is 35.4. The van der Waals surface area contributed by atoms with Crippen molar-refractivity contribution in [3.8, 4) is 22.6 Å². The SMILES string of the molecule is C=CC(=O)N1CC2CCc3c(c4cc(F)c(-c5c(O)cccc5F)c(F)c4n(-c4c(C)ccnc4C(C)C)c3=O)N2CC1C. The largest absolute Gasteiger partial charge is 0.507 e. The quantitative estimate of drug-likeness (QED) is 0.284. The molecule has 4 aromatic rings. The van der Waals surface area contributed by atoms with Gasteiger partial charge in [0.25, 0.3) is 5.56 Å². The number of fused-ring (bicyclic) bond motifs is 5. The molecule has 44 heavy (non-hydrogen) atoms. The molecule has 0 aliphatic carbocycles. The molecular weight excluding hydrogens is 569 g/mol. The first-order valence-electron chi connectivity index (χ1n) is 14.7. The van der Waals surface area contributed by atoms with Crippen molar-refractivity contribution in [2.24, 2.45) is 0 Å². The van der Waals surface area contributed by atoms with E-state index in [1.165, 1.54) is 16.7 Å². The number of pyridine rings is 2. The summed E-state index contributed by atoms with van der Waals surface area (Å²) in [7, 11) is 0. The van der Waals surface area contributed by atoms with Gasteiger partial charge in [-0.1, -0.05) is 26.5 Å². The molecule has 1 N–H and O–H groups in total. The minimum Gasteiger partial charge on any atom is -0.507 e. The Hall–Kier alpha value is -4.60. The van der Waals surface area contributed by atoms with Crippen LogP contribution in [0.4, 0.5) is 18.9 Å². The fraction of sp³-hybridized carbons (Fsp3) is 0.324. The first-order valence-corrected chi connectivity index (χ1v) is 14.7. The zero-order valence-corrected chi connectivity index (χ0v) is 25.0.